The molecule has 4 rings (SSSR count). The third-order valence-electron chi connectivity index (χ3n) is 6.35. The summed E-state index contributed by atoms with van der Waals surface area (Å²) in [5, 5.41) is 14.2. The zero-order chi connectivity index (χ0) is 30.8. The molecule has 0 amide bonds. The predicted molar refractivity (Wildman–Crippen MR) is 144 cm³/mol. The molecule has 0 spiro atoms. The number of halogens is 3. The number of benzene rings is 2. The van der Waals surface area contributed by atoms with Gasteiger partial charge in [-0.15, -0.1) is 0 Å². The van der Waals surface area contributed by atoms with Crippen LogP contribution in [0, 0.1) is 5.82 Å². The molecule has 1 saturated heterocycles. The molecule has 5 unspecified atom stereocenters. The maximum atomic E-state index is 14.5. The highest BCUT2D eigenvalue weighted by Crippen LogP contribution is 2.50. The quantitative estimate of drug-likeness (QED) is 0.214. The standard InChI is InChI=1S/C26H30F3N4O8P/c1-14(2)39-23(35)15(3)32-42(37,41-20-10-6-8-16-7-4-5-9-17(16)20)38-13-26(24(28)29)11-19(34)22(40-26)33-12-18(27)21(30)31-25(33)36/h4-10,12,14-15,19,22,24,34H,11,13H2,1-3H3,(H,32,37)(H2,30,31,36). The Morgan fingerprint density at radius 2 is 1.95 bits per heavy atom. The molecule has 0 radical (unpaired) electrons. The van der Waals surface area contributed by atoms with Crippen molar-refractivity contribution in [1.29, 1.82) is 0 Å². The number of hydrogen-bond acceptors (Lipinski definition) is 10. The first kappa shape index (κ1) is 31.4. The van der Waals surface area contributed by atoms with E-state index < -0.39 is 80.6 Å². The van der Waals surface area contributed by atoms with Crippen LogP contribution in [0.2, 0.25) is 0 Å². The average molecular weight is 615 g/mol. The van der Waals surface area contributed by atoms with Crippen molar-refractivity contribution >= 4 is 30.3 Å². The van der Waals surface area contributed by atoms with Crippen molar-refractivity contribution in [1.82, 2.24) is 14.6 Å². The molecule has 4 N–H and O–H groups in total. The second kappa shape index (κ2) is 12.4. The number of fused-ring (bicyclic) bond motifs is 1. The summed E-state index contributed by atoms with van der Waals surface area (Å²) >= 11 is 0. The van der Waals surface area contributed by atoms with E-state index in [-0.39, 0.29) is 5.75 Å². The van der Waals surface area contributed by atoms with Gasteiger partial charge in [-0.25, -0.2) is 22.5 Å². The van der Waals surface area contributed by atoms with Crippen LogP contribution in [0.1, 0.15) is 33.4 Å². The van der Waals surface area contributed by atoms with E-state index in [0.717, 1.165) is 0 Å². The zero-order valence-electron chi connectivity index (χ0n) is 22.8. The number of nitrogens with two attached hydrogens (primary N) is 1. The van der Waals surface area contributed by atoms with E-state index in [9.17, 15) is 32.4 Å². The molecule has 228 valence electrons. The first-order valence-corrected chi connectivity index (χ1v) is 14.4. The SMILES string of the molecule is CC(C)OC(=O)C(C)NP(=O)(OCC1(C(F)F)CC(O)C(n2cc(F)c(N)nc2=O)O1)Oc1cccc2ccccc12. The van der Waals surface area contributed by atoms with E-state index in [2.05, 4.69) is 10.1 Å². The Hall–Kier alpha value is -3.49. The Labute approximate surface area is 238 Å². The van der Waals surface area contributed by atoms with Gasteiger partial charge in [-0.2, -0.15) is 10.1 Å². The van der Waals surface area contributed by atoms with Crippen LogP contribution in [-0.4, -0.2) is 57.5 Å². The third-order valence-corrected chi connectivity index (χ3v) is 7.96. The zero-order valence-corrected chi connectivity index (χ0v) is 23.7. The summed E-state index contributed by atoms with van der Waals surface area (Å²) in [6.45, 7) is 3.38. The van der Waals surface area contributed by atoms with Crippen molar-refractivity contribution in [3.63, 3.8) is 0 Å². The number of aliphatic hydroxyl groups excluding tert-OH is 1. The summed E-state index contributed by atoms with van der Waals surface area (Å²) in [4.78, 5) is 28.0. The molecule has 1 fully saturated rings. The molecule has 2 heterocycles. The Balaban J connectivity index is 1.65. The molecule has 2 aromatic carbocycles. The largest absolute Gasteiger partial charge is 0.462 e. The van der Waals surface area contributed by atoms with E-state index in [1.807, 2.05) is 0 Å². The summed E-state index contributed by atoms with van der Waals surface area (Å²) in [7, 11) is -4.67. The molecule has 1 aromatic heterocycles. The van der Waals surface area contributed by atoms with E-state index in [4.69, 9.17) is 24.3 Å². The summed E-state index contributed by atoms with van der Waals surface area (Å²) in [5.41, 5.74) is 1.48. The van der Waals surface area contributed by atoms with Gasteiger partial charge in [0.15, 0.2) is 23.5 Å². The second-order valence-corrected chi connectivity index (χ2v) is 11.7. The van der Waals surface area contributed by atoms with Crippen molar-refractivity contribution in [2.45, 2.75) is 63.7 Å². The minimum atomic E-state index is -4.67. The lowest BCUT2D eigenvalue weighted by molar-refractivity contribution is -0.170. The van der Waals surface area contributed by atoms with Crippen LogP contribution in [0.4, 0.5) is 19.0 Å². The average Bonchev–Trinajstić information content (AvgIpc) is 3.27. The molecule has 1 aliphatic heterocycles. The Morgan fingerprint density at radius 1 is 1.26 bits per heavy atom. The van der Waals surface area contributed by atoms with Crippen molar-refractivity contribution in [3.8, 4) is 5.75 Å². The predicted octanol–water partition coefficient (Wildman–Crippen LogP) is 3.53. The van der Waals surface area contributed by atoms with E-state index in [1.165, 1.54) is 13.0 Å². The number of aliphatic hydroxyl groups is 1. The van der Waals surface area contributed by atoms with Gasteiger partial charge in [0.2, 0.25) is 0 Å². The summed E-state index contributed by atoms with van der Waals surface area (Å²) in [5.74, 6) is -2.63. The first-order chi connectivity index (χ1) is 19.7. The topological polar surface area (TPSA) is 164 Å². The minimum absolute atomic E-state index is 0.0553. The molecule has 0 aliphatic carbocycles. The summed E-state index contributed by atoms with van der Waals surface area (Å²) < 4.78 is 79.3. The molecule has 0 saturated carbocycles. The molecule has 42 heavy (non-hydrogen) atoms. The highest BCUT2D eigenvalue weighted by molar-refractivity contribution is 7.52. The lowest BCUT2D eigenvalue weighted by Crippen LogP contribution is -2.44. The van der Waals surface area contributed by atoms with E-state index in [0.29, 0.717) is 21.5 Å². The molecular weight excluding hydrogens is 584 g/mol. The van der Waals surface area contributed by atoms with Gasteiger partial charge in [0.1, 0.15) is 17.9 Å². The summed E-state index contributed by atoms with van der Waals surface area (Å²) in [6, 6.07) is 10.5. The van der Waals surface area contributed by atoms with Gasteiger partial charge in [0, 0.05) is 11.8 Å². The Bertz CT molecular complexity index is 1550. The number of nitrogen functional groups attached to an aromatic ring is 1. The van der Waals surface area contributed by atoms with Crippen molar-refractivity contribution in [2.75, 3.05) is 12.3 Å². The Kier molecular flexibility index (Phi) is 9.28. The minimum Gasteiger partial charge on any atom is -0.462 e. The Morgan fingerprint density at radius 3 is 2.64 bits per heavy atom. The van der Waals surface area contributed by atoms with Crippen LogP contribution < -0.4 is 21.0 Å². The molecule has 16 heteroatoms. The molecule has 12 nitrogen and oxygen atoms in total. The maximum Gasteiger partial charge on any atom is 0.459 e. The van der Waals surface area contributed by atoms with Gasteiger partial charge in [0.05, 0.1) is 18.9 Å². The van der Waals surface area contributed by atoms with Crippen LogP contribution in [0.5, 0.6) is 5.75 Å². The molecule has 1 aliphatic rings. The highest BCUT2D eigenvalue weighted by Gasteiger charge is 2.55. The van der Waals surface area contributed by atoms with Crippen molar-refractivity contribution < 1.29 is 46.2 Å². The number of carbonyl (C=O) groups is 1. The van der Waals surface area contributed by atoms with E-state index in [1.54, 1.807) is 50.2 Å². The number of nitrogens with one attached hydrogen (secondary N) is 1. The monoisotopic (exact) mass is 614 g/mol. The van der Waals surface area contributed by atoms with Crippen LogP contribution in [0.3, 0.4) is 0 Å². The summed E-state index contributed by atoms with van der Waals surface area (Å²) in [6.07, 6.45) is -7.66. The van der Waals surface area contributed by atoms with Crippen LogP contribution in [0.25, 0.3) is 10.8 Å². The number of nitrogens with zero attached hydrogens (tertiary/aromatic N) is 2. The number of aromatic nitrogens is 2. The van der Waals surface area contributed by atoms with Crippen LogP contribution in [0.15, 0.2) is 53.5 Å². The first-order valence-electron chi connectivity index (χ1n) is 12.8. The molecular formula is C26H30F3N4O8P. The highest BCUT2D eigenvalue weighted by atomic mass is 31.2. The third kappa shape index (κ3) is 6.76. The fraction of sp³-hybridized carbons (Fsp3) is 0.423. The molecule has 5 atom stereocenters. The number of ether oxygens (including phenoxy) is 2. The van der Waals surface area contributed by atoms with Gasteiger partial charge in [0.25, 0.3) is 6.43 Å². The molecule has 0 bridgehead atoms. The number of carbonyl (C=O) groups excluding carboxylic acids is 1. The van der Waals surface area contributed by atoms with Gasteiger partial charge >= 0.3 is 19.4 Å². The lowest BCUT2D eigenvalue weighted by Gasteiger charge is -2.31. The van der Waals surface area contributed by atoms with Gasteiger partial charge in [-0.3, -0.25) is 13.9 Å². The van der Waals surface area contributed by atoms with Crippen molar-refractivity contribution in [2.24, 2.45) is 0 Å². The van der Waals surface area contributed by atoms with Gasteiger partial charge in [-0.1, -0.05) is 36.4 Å². The number of alkyl halides is 2. The van der Waals surface area contributed by atoms with Crippen molar-refractivity contribution in [3.05, 3.63) is 65.0 Å². The fourth-order valence-electron chi connectivity index (χ4n) is 4.31. The molecule has 3 aromatic rings. The maximum absolute atomic E-state index is 14.5. The van der Waals surface area contributed by atoms with Gasteiger partial charge < -0.3 is 24.8 Å². The normalized spacial score (nSPS) is 22.8. The van der Waals surface area contributed by atoms with Gasteiger partial charge in [-0.05, 0) is 32.2 Å². The number of esters is 1. The smallest absolute Gasteiger partial charge is 0.459 e. The number of anilines is 1. The fourth-order valence-corrected chi connectivity index (χ4v) is 5.88. The van der Waals surface area contributed by atoms with Crippen LogP contribution >= 0.6 is 7.75 Å². The van der Waals surface area contributed by atoms with E-state index >= 15 is 0 Å². The lowest BCUT2D eigenvalue weighted by atomic mass is 10.0. The second-order valence-electron chi connectivity index (χ2n) is 9.99. The number of hydrogen-bond donors (Lipinski definition) is 3. The number of rotatable bonds is 11. The van der Waals surface area contributed by atoms with Crippen LogP contribution in [-0.2, 0) is 23.4 Å².